The molecule has 0 fully saturated rings. The summed E-state index contributed by atoms with van der Waals surface area (Å²) in [7, 11) is 0. The Morgan fingerprint density at radius 1 is 0.684 bits per heavy atom. The van der Waals surface area contributed by atoms with Crippen LogP contribution in [-0.4, -0.2) is 23.9 Å². The molecule has 0 radical (unpaired) electrons. The van der Waals surface area contributed by atoms with E-state index >= 15 is 0 Å². The molecule has 0 unspecified atom stereocenters. The highest BCUT2D eigenvalue weighted by atomic mass is 16.5. The molecule has 3 heteroatoms. The number of hydrogen-bond acceptors (Lipinski definition) is 3. The molecule has 1 aromatic carbocycles. The number of unbranched alkanes of at least 4 members (excludes halogenated alkanes) is 16. The zero-order chi connectivity index (χ0) is 27.6. The van der Waals surface area contributed by atoms with E-state index in [1.165, 1.54) is 112 Å². The molecule has 1 aliphatic heterocycles. The van der Waals surface area contributed by atoms with Gasteiger partial charge in [0.1, 0.15) is 17.1 Å². The van der Waals surface area contributed by atoms with E-state index in [-0.39, 0.29) is 5.60 Å². The molecule has 1 heterocycles. The highest BCUT2D eigenvalue weighted by Gasteiger charge is 2.34. The summed E-state index contributed by atoms with van der Waals surface area (Å²) >= 11 is 0. The average molecular weight is 531 g/mol. The van der Waals surface area contributed by atoms with Gasteiger partial charge < -0.3 is 14.6 Å². The minimum Gasteiger partial charge on any atom is -0.493 e. The van der Waals surface area contributed by atoms with Gasteiger partial charge in [0.05, 0.1) is 6.61 Å². The van der Waals surface area contributed by atoms with Crippen molar-refractivity contribution in [2.75, 3.05) is 13.2 Å². The number of fused-ring (bicyclic) bond motifs is 1. The van der Waals surface area contributed by atoms with Crippen LogP contribution < -0.4 is 9.47 Å². The van der Waals surface area contributed by atoms with Crippen molar-refractivity contribution < 1.29 is 14.6 Å². The second-order valence-corrected chi connectivity index (χ2v) is 12.4. The van der Waals surface area contributed by atoms with E-state index in [0.717, 1.165) is 63.1 Å². The van der Waals surface area contributed by atoms with Crippen molar-refractivity contribution in [2.45, 2.75) is 175 Å². The van der Waals surface area contributed by atoms with E-state index in [1.807, 2.05) is 0 Å². The summed E-state index contributed by atoms with van der Waals surface area (Å²) in [4.78, 5) is 0. The first-order valence-corrected chi connectivity index (χ1v) is 16.5. The van der Waals surface area contributed by atoms with Crippen LogP contribution in [0.5, 0.6) is 11.5 Å². The fourth-order valence-corrected chi connectivity index (χ4v) is 6.11. The topological polar surface area (TPSA) is 38.7 Å². The third-order valence-corrected chi connectivity index (χ3v) is 8.92. The summed E-state index contributed by atoms with van der Waals surface area (Å²) < 4.78 is 13.1. The van der Waals surface area contributed by atoms with Gasteiger partial charge in [0.15, 0.2) is 0 Å². The molecule has 0 amide bonds. The molecular weight excluding hydrogens is 468 g/mol. The Bertz CT molecular complexity index is 771. The van der Waals surface area contributed by atoms with Gasteiger partial charge in [0, 0.05) is 12.2 Å². The van der Waals surface area contributed by atoms with E-state index < -0.39 is 0 Å². The van der Waals surface area contributed by atoms with Crippen LogP contribution in [0.3, 0.4) is 0 Å². The monoisotopic (exact) mass is 530 g/mol. The van der Waals surface area contributed by atoms with Crippen molar-refractivity contribution in [3.63, 3.8) is 0 Å². The summed E-state index contributed by atoms with van der Waals surface area (Å²) in [5.41, 5.74) is 5.09. The molecule has 0 aliphatic carbocycles. The van der Waals surface area contributed by atoms with Crippen molar-refractivity contribution >= 4 is 0 Å². The van der Waals surface area contributed by atoms with E-state index in [4.69, 9.17) is 14.6 Å². The number of rotatable bonds is 22. The molecule has 0 bridgehead atoms. The van der Waals surface area contributed by atoms with Crippen molar-refractivity contribution in [3.8, 4) is 11.5 Å². The molecule has 220 valence electrons. The third-order valence-electron chi connectivity index (χ3n) is 8.92. The van der Waals surface area contributed by atoms with Crippen LogP contribution in [0.1, 0.15) is 165 Å². The predicted octanol–water partition coefficient (Wildman–Crippen LogP) is 10.5. The molecule has 1 atom stereocenters. The number of aliphatic hydroxyl groups excluding tert-OH is 1. The van der Waals surface area contributed by atoms with Gasteiger partial charge in [-0.05, 0) is 89.3 Å². The van der Waals surface area contributed by atoms with Gasteiger partial charge in [0.2, 0.25) is 0 Å². The lowest BCUT2D eigenvalue weighted by molar-refractivity contribution is 0.0521. The molecular formula is C35H62O3. The minimum atomic E-state index is -0.0388. The second kappa shape index (κ2) is 19.0. The molecule has 0 spiro atoms. The van der Waals surface area contributed by atoms with Crippen LogP contribution in [0.15, 0.2) is 0 Å². The Hall–Kier alpha value is -1.22. The first-order chi connectivity index (χ1) is 18.4. The van der Waals surface area contributed by atoms with Crippen LogP contribution in [0.4, 0.5) is 0 Å². The summed E-state index contributed by atoms with van der Waals surface area (Å²) in [6, 6.07) is 0. The Labute approximate surface area is 236 Å². The summed E-state index contributed by atoms with van der Waals surface area (Å²) in [6.45, 7) is 12.3. The van der Waals surface area contributed by atoms with Crippen LogP contribution in [0, 0.1) is 20.8 Å². The lowest BCUT2D eigenvalue weighted by Gasteiger charge is -2.38. The summed E-state index contributed by atoms with van der Waals surface area (Å²) in [5.74, 6) is 2.21. The van der Waals surface area contributed by atoms with Gasteiger partial charge in [-0.25, -0.2) is 0 Å². The fraction of sp³-hybridized carbons (Fsp3) is 0.829. The maximum Gasteiger partial charge on any atom is 0.127 e. The number of ether oxygens (including phenoxy) is 2. The molecule has 38 heavy (non-hydrogen) atoms. The predicted molar refractivity (Wildman–Crippen MR) is 164 cm³/mol. The molecule has 0 saturated heterocycles. The Morgan fingerprint density at radius 2 is 1.21 bits per heavy atom. The Morgan fingerprint density at radius 3 is 1.79 bits per heavy atom. The van der Waals surface area contributed by atoms with Crippen LogP contribution in [-0.2, 0) is 6.42 Å². The Balaban J connectivity index is 1.67. The van der Waals surface area contributed by atoms with Gasteiger partial charge in [-0.2, -0.15) is 0 Å². The first-order valence-electron chi connectivity index (χ1n) is 16.5. The smallest absolute Gasteiger partial charge is 0.127 e. The van der Waals surface area contributed by atoms with Gasteiger partial charge in [-0.3, -0.25) is 0 Å². The third kappa shape index (κ3) is 11.5. The van der Waals surface area contributed by atoms with Gasteiger partial charge >= 0.3 is 0 Å². The van der Waals surface area contributed by atoms with Crippen LogP contribution in [0.2, 0.25) is 0 Å². The molecule has 1 aromatic rings. The lowest BCUT2D eigenvalue weighted by Crippen LogP contribution is -2.37. The molecule has 0 saturated carbocycles. The second-order valence-electron chi connectivity index (χ2n) is 12.4. The van der Waals surface area contributed by atoms with Crippen LogP contribution >= 0.6 is 0 Å². The molecule has 0 aromatic heterocycles. The SMILES string of the molecule is CCCCCCCCCCCCCCCC[C@]1(C)CCc2c(C)c(OCCCCCCO)c(C)c(C)c2O1. The van der Waals surface area contributed by atoms with Crippen molar-refractivity contribution in [3.05, 3.63) is 22.3 Å². The van der Waals surface area contributed by atoms with E-state index in [1.54, 1.807) is 0 Å². The van der Waals surface area contributed by atoms with E-state index in [2.05, 4.69) is 34.6 Å². The van der Waals surface area contributed by atoms with Crippen molar-refractivity contribution in [1.82, 2.24) is 0 Å². The largest absolute Gasteiger partial charge is 0.493 e. The fourth-order valence-electron chi connectivity index (χ4n) is 6.11. The lowest BCUT2D eigenvalue weighted by atomic mass is 9.84. The number of aliphatic hydroxyl groups is 1. The van der Waals surface area contributed by atoms with E-state index in [9.17, 15) is 0 Å². The maximum atomic E-state index is 8.95. The normalized spacial score (nSPS) is 16.9. The average Bonchev–Trinajstić information content (AvgIpc) is 2.91. The number of benzene rings is 1. The maximum absolute atomic E-state index is 8.95. The Kier molecular flexibility index (Phi) is 16.5. The van der Waals surface area contributed by atoms with E-state index in [0.29, 0.717) is 6.61 Å². The van der Waals surface area contributed by atoms with Crippen LogP contribution in [0.25, 0.3) is 0 Å². The van der Waals surface area contributed by atoms with Crippen molar-refractivity contribution in [1.29, 1.82) is 0 Å². The summed E-state index contributed by atoms with van der Waals surface area (Å²) in [6.07, 6.45) is 27.2. The number of hydrogen-bond donors (Lipinski definition) is 1. The molecule has 2 rings (SSSR count). The summed E-state index contributed by atoms with van der Waals surface area (Å²) in [5, 5.41) is 8.95. The first kappa shape index (κ1) is 33.0. The zero-order valence-electron chi connectivity index (χ0n) is 26.0. The quantitative estimate of drug-likeness (QED) is 0.152. The zero-order valence-corrected chi connectivity index (χ0v) is 26.0. The molecule has 1 N–H and O–H groups in total. The van der Waals surface area contributed by atoms with Gasteiger partial charge in [0.25, 0.3) is 0 Å². The molecule has 3 nitrogen and oxygen atoms in total. The van der Waals surface area contributed by atoms with Crippen molar-refractivity contribution in [2.24, 2.45) is 0 Å². The standard InChI is InChI=1S/C35H62O3/c1-6-7-8-9-10-11-12-13-14-15-16-17-18-21-25-35(5)26-24-32-31(4)33(29(2)30(3)34(32)38-35)37-28-23-20-19-22-27-36/h36H,6-28H2,1-5H3/t35-/m1/s1. The highest BCUT2D eigenvalue weighted by Crippen LogP contribution is 2.45. The van der Waals surface area contributed by atoms with Gasteiger partial charge in [-0.15, -0.1) is 0 Å². The van der Waals surface area contributed by atoms with Gasteiger partial charge in [-0.1, -0.05) is 96.8 Å². The molecule has 1 aliphatic rings. The highest BCUT2D eigenvalue weighted by molar-refractivity contribution is 5.59. The minimum absolute atomic E-state index is 0.0388.